The number of hydrogen-bond acceptors (Lipinski definition) is 9. The van der Waals surface area contributed by atoms with Gasteiger partial charge < -0.3 is 14.2 Å². The van der Waals surface area contributed by atoms with E-state index in [4.69, 9.17) is 19.6 Å². The number of methoxy groups -OCH3 is 1. The quantitative estimate of drug-likeness (QED) is 0.313. The summed E-state index contributed by atoms with van der Waals surface area (Å²) in [6, 6.07) is 14.2. The molecule has 10 nitrogen and oxygen atoms in total. The lowest BCUT2D eigenvalue weighted by atomic mass is 10.1. The molecule has 0 aliphatic carbocycles. The fourth-order valence-corrected chi connectivity index (χ4v) is 5.28. The number of carbonyl (C=O) groups excluding carboxylic acids is 1. The summed E-state index contributed by atoms with van der Waals surface area (Å²) in [6.45, 7) is 3.73. The van der Waals surface area contributed by atoms with Gasteiger partial charge in [0.05, 0.1) is 29.9 Å². The van der Waals surface area contributed by atoms with Crippen LogP contribution < -0.4 is 14.2 Å². The highest BCUT2D eigenvalue weighted by Gasteiger charge is 2.43. The molecule has 0 saturated heterocycles. The van der Waals surface area contributed by atoms with Crippen LogP contribution >= 0.6 is 11.9 Å². The van der Waals surface area contributed by atoms with Crippen molar-refractivity contribution in [2.75, 3.05) is 20.3 Å². The van der Waals surface area contributed by atoms with E-state index in [2.05, 4.69) is 9.39 Å². The molecule has 0 bridgehead atoms. The standard InChI is InChI=1S/C24H24N4O6S2/c1-15(2)36(30,31)24-27-35-23-26-22(29)20(21(25)28(23)24)14-16-4-6-18(7-5-16)33-12-13-34-19-10-8-17(32-3)9-11-19/h4-11,14-15,25H,12-13H2,1-3H3/b20-14-,25-21?. The van der Waals surface area contributed by atoms with Gasteiger partial charge in [-0.15, -0.1) is 0 Å². The molecule has 0 radical (unpaired) electrons. The minimum Gasteiger partial charge on any atom is -0.497 e. The normalized spacial score (nSPS) is 16.7. The lowest BCUT2D eigenvalue weighted by Gasteiger charge is -2.25. The van der Waals surface area contributed by atoms with E-state index in [1.807, 2.05) is 24.3 Å². The Labute approximate surface area is 213 Å². The number of hydrogen-bond donors (Lipinski definition) is 1. The summed E-state index contributed by atoms with van der Waals surface area (Å²) >= 11 is 0.769. The van der Waals surface area contributed by atoms with E-state index in [0.29, 0.717) is 30.3 Å². The van der Waals surface area contributed by atoms with E-state index in [1.54, 1.807) is 31.4 Å². The van der Waals surface area contributed by atoms with Crippen molar-refractivity contribution in [1.29, 1.82) is 5.41 Å². The van der Waals surface area contributed by atoms with Crippen molar-refractivity contribution in [1.82, 2.24) is 4.90 Å². The summed E-state index contributed by atoms with van der Waals surface area (Å²) in [5.41, 5.74) is 0.593. The van der Waals surface area contributed by atoms with Gasteiger partial charge in [0.25, 0.3) is 5.91 Å². The smallest absolute Gasteiger partial charge is 0.283 e. The van der Waals surface area contributed by atoms with Gasteiger partial charge in [-0.3, -0.25) is 10.2 Å². The number of nitrogens with zero attached hydrogens (tertiary/aromatic N) is 3. The highest BCUT2D eigenvalue weighted by molar-refractivity contribution is 8.16. The van der Waals surface area contributed by atoms with Crippen molar-refractivity contribution < 1.29 is 27.4 Å². The van der Waals surface area contributed by atoms with E-state index >= 15 is 0 Å². The number of nitrogens with one attached hydrogen (secondary N) is 1. The van der Waals surface area contributed by atoms with Gasteiger partial charge in [0.2, 0.25) is 20.2 Å². The van der Waals surface area contributed by atoms with Crippen LogP contribution in [0.5, 0.6) is 17.2 Å². The summed E-state index contributed by atoms with van der Waals surface area (Å²) in [4.78, 5) is 17.6. The minimum atomic E-state index is -3.77. The van der Waals surface area contributed by atoms with Gasteiger partial charge in [-0.2, -0.15) is 9.39 Å². The van der Waals surface area contributed by atoms with Gasteiger partial charge in [0.15, 0.2) is 0 Å². The Balaban J connectivity index is 1.40. The Hall–Kier alpha value is -3.64. The van der Waals surface area contributed by atoms with Crippen LogP contribution in [0.3, 0.4) is 0 Å². The lowest BCUT2D eigenvalue weighted by Crippen LogP contribution is -2.46. The topological polar surface area (TPSA) is 131 Å². The first-order chi connectivity index (χ1) is 17.2. The molecule has 4 rings (SSSR count). The molecule has 2 aliphatic heterocycles. The van der Waals surface area contributed by atoms with Gasteiger partial charge >= 0.3 is 0 Å². The monoisotopic (exact) mass is 528 g/mol. The molecule has 0 atom stereocenters. The molecule has 188 valence electrons. The fraction of sp³-hybridized carbons (Fsp3) is 0.250. The molecular weight excluding hydrogens is 504 g/mol. The Morgan fingerprint density at radius 1 is 1.00 bits per heavy atom. The van der Waals surface area contributed by atoms with E-state index in [-0.39, 0.29) is 21.7 Å². The van der Waals surface area contributed by atoms with Crippen LogP contribution in [0, 0.1) is 5.41 Å². The number of benzene rings is 2. The van der Waals surface area contributed by atoms with Crippen LogP contribution in [0.2, 0.25) is 0 Å². The second kappa shape index (κ2) is 10.5. The van der Waals surface area contributed by atoms with Gasteiger partial charge in [-0.1, -0.05) is 12.1 Å². The maximum atomic E-state index is 12.7. The Bertz CT molecular complexity index is 1360. The van der Waals surface area contributed by atoms with Gasteiger partial charge in [-0.25, -0.2) is 13.3 Å². The van der Waals surface area contributed by atoms with Crippen LogP contribution in [0.25, 0.3) is 6.08 Å². The second-order valence-electron chi connectivity index (χ2n) is 7.94. The number of carbonyl (C=O) groups is 1. The molecule has 2 aromatic carbocycles. The molecule has 1 N–H and O–H groups in total. The molecule has 36 heavy (non-hydrogen) atoms. The van der Waals surface area contributed by atoms with E-state index in [1.165, 1.54) is 19.9 Å². The first kappa shape index (κ1) is 25.5. The average Bonchev–Trinajstić information content (AvgIpc) is 3.30. The van der Waals surface area contributed by atoms with Crippen molar-refractivity contribution in [3.05, 3.63) is 59.7 Å². The maximum absolute atomic E-state index is 12.7. The van der Waals surface area contributed by atoms with Crippen LogP contribution in [-0.2, 0) is 14.6 Å². The first-order valence-electron chi connectivity index (χ1n) is 10.9. The molecule has 12 heteroatoms. The molecule has 2 aromatic rings. The minimum absolute atomic E-state index is 0.0329. The zero-order chi connectivity index (χ0) is 25.9. The third-order valence-electron chi connectivity index (χ3n) is 5.24. The van der Waals surface area contributed by atoms with Crippen molar-refractivity contribution >= 4 is 49.9 Å². The predicted molar refractivity (Wildman–Crippen MR) is 139 cm³/mol. The van der Waals surface area contributed by atoms with Gasteiger partial charge in [0.1, 0.15) is 36.3 Å². The molecule has 0 spiro atoms. The number of amides is 1. The molecule has 0 fully saturated rings. The van der Waals surface area contributed by atoms with Crippen LogP contribution in [0.15, 0.2) is 63.5 Å². The molecular formula is C24H24N4O6S2. The first-order valence-corrected chi connectivity index (χ1v) is 13.2. The molecule has 0 saturated carbocycles. The summed E-state index contributed by atoms with van der Waals surface area (Å²) in [5.74, 6) is 1.15. The summed E-state index contributed by atoms with van der Waals surface area (Å²) in [5, 5.41) is 7.54. The second-order valence-corrected chi connectivity index (χ2v) is 11.1. The molecule has 0 unspecified atom stereocenters. The Kier molecular flexibility index (Phi) is 7.45. The van der Waals surface area contributed by atoms with E-state index in [9.17, 15) is 13.2 Å². The lowest BCUT2D eigenvalue weighted by molar-refractivity contribution is -0.114. The summed E-state index contributed by atoms with van der Waals surface area (Å²) in [6.07, 6.45) is 1.49. The van der Waals surface area contributed by atoms with Crippen molar-refractivity contribution in [2.24, 2.45) is 9.39 Å². The highest BCUT2D eigenvalue weighted by atomic mass is 32.2. The number of sulfone groups is 1. The third-order valence-corrected chi connectivity index (χ3v) is 8.08. The van der Waals surface area contributed by atoms with Crippen LogP contribution in [-0.4, -0.2) is 61.0 Å². The van der Waals surface area contributed by atoms with E-state index < -0.39 is 21.0 Å². The molecule has 0 aromatic heterocycles. The maximum Gasteiger partial charge on any atom is 0.283 e. The van der Waals surface area contributed by atoms with Crippen LogP contribution in [0.4, 0.5) is 0 Å². The zero-order valence-corrected chi connectivity index (χ0v) is 21.4. The number of rotatable bonds is 8. The zero-order valence-electron chi connectivity index (χ0n) is 19.8. The Morgan fingerprint density at radius 3 is 2.11 bits per heavy atom. The van der Waals surface area contributed by atoms with Crippen LogP contribution in [0.1, 0.15) is 19.4 Å². The summed E-state index contributed by atoms with van der Waals surface area (Å²) in [7, 11) is -2.17. The number of fused-ring (bicyclic) bond motifs is 1. The van der Waals surface area contributed by atoms with E-state index in [0.717, 1.165) is 22.6 Å². The van der Waals surface area contributed by atoms with Crippen molar-refractivity contribution in [3.8, 4) is 17.2 Å². The van der Waals surface area contributed by atoms with Crippen molar-refractivity contribution in [2.45, 2.75) is 19.1 Å². The molecule has 2 heterocycles. The third kappa shape index (κ3) is 5.29. The van der Waals surface area contributed by atoms with Crippen molar-refractivity contribution in [3.63, 3.8) is 0 Å². The SMILES string of the molecule is COc1ccc(OCCOc2ccc(/C=C3/C(=N)N4C(=NC3=O)SN=C4S(=O)(=O)C(C)C)cc2)cc1. The fourth-order valence-electron chi connectivity index (χ4n) is 3.21. The highest BCUT2D eigenvalue weighted by Crippen LogP contribution is 2.31. The number of aliphatic imine (C=N–C) groups is 1. The molecule has 2 aliphatic rings. The predicted octanol–water partition coefficient (Wildman–Crippen LogP) is 3.55. The van der Waals surface area contributed by atoms with Gasteiger partial charge in [-0.05, 0) is 61.9 Å². The Morgan fingerprint density at radius 2 is 1.56 bits per heavy atom. The average molecular weight is 529 g/mol. The number of ether oxygens (including phenoxy) is 3. The number of amidine groups is 3. The molecule has 1 amide bonds. The summed E-state index contributed by atoms with van der Waals surface area (Å²) < 4.78 is 45.7. The largest absolute Gasteiger partial charge is 0.497 e. The van der Waals surface area contributed by atoms with Gasteiger partial charge in [0, 0.05) is 0 Å².